The van der Waals surface area contributed by atoms with Gasteiger partial charge in [0.15, 0.2) is 0 Å². The molecular formula is C14H15NO2. The third kappa shape index (κ3) is 2.29. The molecule has 1 heterocycles. The number of pyridine rings is 1. The molecule has 0 aliphatic heterocycles. The minimum atomic E-state index is 0.0658. The molecule has 0 aliphatic rings. The Morgan fingerprint density at radius 3 is 2.76 bits per heavy atom. The monoisotopic (exact) mass is 229 g/mol. The zero-order valence-electron chi connectivity index (χ0n) is 9.97. The summed E-state index contributed by atoms with van der Waals surface area (Å²) in [5.74, 6) is 0.614. The molecule has 0 radical (unpaired) electrons. The number of benzene rings is 1. The average Bonchev–Trinajstić information content (AvgIpc) is 2.38. The zero-order valence-corrected chi connectivity index (χ0v) is 9.97. The number of hydrogen-bond donors (Lipinski definition) is 1. The van der Waals surface area contributed by atoms with Crippen LogP contribution in [-0.2, 0) is 6.61 Å². The summed E-state index contributed by atoms with van der Waals surface area (Å²) in [6.07, 6.45) is 1.71. The fourth-order valence-corrected chi connectivity index (χ4v) is 1.81. The minimum Gasteiger partial charge on any atom is -0.481 e. The van der Waals surface area contributed by atoms with E-state index in [1.807, 2.05) is 37.3 Å². The topological polar surface area (TPSA) is 42.4 Å². The van der Waals surface area contributed by atoms with E-state index in [0.29, 0.717) is 5.88 Å². The van der Waals surface area contributed by atoms with Crippen LogP contribution in [0.4, 0.5) is 0 Å². The van der Waals surface area contributed by atoms with E-state index in [2.05, 4.69) is 4.98 Å². The molecule has 17 heavy (non-hydrogen) atoms. The van der Waals surface area contributed by atoms with E-state index in [1.165, 1.54) is 0 Å². The molecule has 0 fully saturated rings. The highest BCUT2D eigenvalue weighted by Crippen LogP contribution is 2.28. The first-order valence-corrected chi connectivity index (χ1v) is 5.46. The van der Waals surface area contributed by atoms with Crippen LogP contribution < -0.4 is 4.74 Å². The fourth-order valence-electron chi connectivity index (χ4n) is 1.81. The third-order valence-corrected chi connectivity index (χ3v) is 2.79. The molecule has 0 aliphatic carbocycles. The molecule has 0 atom stereocenters. The maximum absolute atomic E-state index is 9.14. The summed E-state index contributed by atoms with van der Waals surface area (Å²) in [6, 6.07) is 9.78. The van der Waals surface area contributed by atoms with Crippen molar-refractivity contribution in [2.45, 2.75) is 13.5 Å². The van der Waals surface area contributed by atoms with Crippen LogP contribution in [0.1, 0.15) is 11.1 Å². The molecule has 0 amide bonds. The van der Waals surface area contributed by atoms with Gasteiger partial charge in [-0.2, -0.15) is 0 Å². The second-order valence-corrected chi connectivity index (χ2v) is 3.86. The van der Waals surface area contributed by atoms with E-state index in [1.54, 1.807) is 13.3 Å². The minimum absolute atomic E-state index is 0.0658. The molecule has 0 saturated carbocycles. The van der Waals surface area contributed by atoms with Crippen molar-refractivity contribution in [3.8, 4) is 17.0 Å². The number of aliphatic hydroxyl groups is 1. The smallest absolute Gasteiger partial charge is 0.221 e. The van der Waals surface area contributed by atoms with Gasteiger partial charge in [-0.25, -0.2) is 4.98 Å². The quantitative estimate of drug-likeness (QED) is 0.879. The zero-order chi connectivity index (χ0) is 12.3. The highest BCUT2D eigenvalue weighted by molar-refractivity contribution is 5.69. The fraction of sp³-hybridized carbons (Fsp3) is 0.214. The molecule has 0 saturated heterocycles. The number of methoxy groups -OCH3 is 1. The van der Waals surface area contributed by atoms with Gasteiger partial charge < -0.3 is 9.84 Å². The van der Waals surface area contributed by atoms with Gasteiger partial charge in [-0.15, -0.1) is 0 Å². The molecule has 2 aromatic rings. The van der Waals surface area contributed by atoms with Gasteiger partial charge in [0.05, 0.1) is 13.7 Å². The molecule has 0 spiro atoms. The first kappa shape index (κ1) is 11.6. The summed E-state index contributed by atoms with van der Waals surface area (Å²) in [5.41, 5.74) is 4.01. The Morgan fingerprint density at radius 1 is 1.29 bits per heavy atom. The van der Waals surface area contributed by atoms with Gasteiger partial charge in [-0.3, -0.25) is 0 Å². The van der Waals surface area contributed by atoms with Crippen molar-refractivity contribution in [3.63, 3.8) is 0 Å². The lowest BCUT2D eigenvalue weighted by atomic mass is 10.0. The molecule has 1 aromatic carbocycles. The van der Waals surface area contributed by atoms with Crippen molar-refractivity contribution in [3.05, 3.63) is 47.7 Å². The van der Waals surface area contributed by atoms with Gasteiger partial charge >= 0.3 is 0 Å². The number of aryl methyl sites for hydroxylation is 1. The van der Waals surface area contributed by atoms with E-state index in [9.17, 15) is 0 Å². The van der Waals surface area contributed by atoms with Gasteiger partial charge in [0.25, 0.3) is 0 Å². The van der Waals surface area contributed by atoms with Gasteiger partial charge in [0.1, 0.15) is 0 Å². The van der Waals surface area contributed by atoms with E-state index < -0.39 is 0 Å². The Labute approximate surface area is 101 Å². The van der Waals surface area contributed by atoms with Crippen LogP contribution in [0.2, 0.25) is 0 Å². The van der Waals surface area contributed by atoms with Crippen molar-refractivity contribution in [1.82, 2.24) is 4.98 Å². The van der Waals surface area contributed by atoms with Gasteiger partial charge in [0, 0.05) is 11.8 Å². The van der Waals surface area contributed by atoms with Crippen molar-refractivity contribution in [1.29, 1.82) is 0 Å². The number of hydrogen-bond acceptors (Lipinski definition) is 3. The molecule has 0 bridgehead atoms. The van der Waals surface area contributed by atoms with Gasteiger partial charge in [0.2, 0.25) is 5.88 Å². The summed E-state index contributed by atoms with van der Waals surface area (Å²) in [5, 5.41) is 9.14. The Hall–Kier alpha value is -1.87. The predicted octanol–water partition coefficient (Wildman–Crippen LogP) is 2.56. The molecule has 3 nitrogen and oxygen atoms in total. The Kier molecular flexibility index (Phi) is 3.40. The highest BCUT2D eigenvalue weighted by Gasteiger charge is 2.07. The normalized spacial score (nSPS) is 10.3. The first-order chi connectivity index (χ1) is 8.26. The largest absolute Gasteiger partial charge is 0.481 e. The van der Waals surface area contributed by atoms with Crippen LogP contribution in [-0.4, -0.2) is 17.2 Å². The van der Waals surface area contributed by atoms with Crippen molar-refractivity contribution >= 4 is 0 Å². The summed E-state index contributed by atoms with van der Waals surface area (Å²) in [4.78, 5) is 4.17. The Balaban J connectivity index is 2.49. The summed E-state index contributed by atoms with van der Waals surface area (Å²) < 4.78 is 5.24. The first-order valence-electron chi connectivity index (χ1n) is 5.46. The lowest BCUT2D eigenvalue weighted by molar-refractivity contribution is 0.281. The number of rotatable bonds is 3. The molecule has 1 aromatic heterocycles. The van der Waals surface area contributed by atoms with Crippen LogP contribution in [0.15, 0.2) is 36.5 Å². The van der Waals surface area contributed by atoms with Crippen LogP contribution in [0.3, 0.4) is 0 Å². The second-order valence-electron chi connectivity index (χ2n) is 3.86. The second kappa shape index (κ2) is 4.97. The number of ether oxygens (including phenoxy) is 1. The molecule has 3 heteroatoms. The SMILES string of the molecule is COc1ncccc1-c1ccc(CO)c(C)c1. The summed E-state index contributed by atoms with van der Waals surface area (Å²) >= 11 is 0. The van der Waals surface area contributed by atoms with Crippen molar-refractivity contribution in [2.75, 3.05) is 7.11 Å². The van der Waals surface area contributed by atoms with Gasteiger partial charge in [-0.1, -0.05) is 18.2 Å². The molecule has 2 rings (SSSR count). The maximum atomic E-state index is 9.14. The Morgan fingerprint density at radius 2 is 2.12 bits per heavy atom. The van der Waals surface area contributed by atoms with Crippen molar-refractivity contribution < 1.29 is 9.84 Å². The number of aliphatic hydroxyl groups excluding tert-OH is 1. The summed E-state index contributed by atoms with van der Waals surface area (Å²) in [7, 11) is 1.61. The van der Waals surface area contributed by atoms with E-state index in [-0.39, 0.29) is 6.61 Å². The molecule has 0 unspecified atom stereocenters. The van der Waals surface area contributed by atoms with E-state index in [0.717, 1.165) is 22.3 Å². The third-order valence-electron chi connectivity index (χ3n) is 2.79. The van der Waals surface area contributed by atoms with Crippen LogP contribution in [0.25, 0.3) is 11.1 Å². The highest BCUT2D eigenvalue weighted by atomic mass is 16.5. The number of nitrogens with zero attached hydrogens (tertiary/aromatic N) is 1. The lowest BCUT2D eigenvalue weighted by Crippen LogP contribution is -1.93. The van der Waals surface area contributed by atoms with Crippen LogP contribution in [0.5, 0.6) is 5.88 Å². The molecule has 1 N–H and O–H groups in total. The predicted molar refractivity (Wildman–Crippen MR) is 66.9 cm³/mol. The molecule has 88 valence electrons. The number of aromatic nitrogens is 1. The standard InChI is InChI=1S/C14H15NO2/c1-10-8-11(5-6-12(10)9-16)13-4-3-7-15-14(13)17-2/h3-8,16H,9H2,1-2H3. The van der Waals surface area contributed by atoms with Crippen LogP contribution >= 0.6 is 0 Å². The van der Waals surface area contributed by atoms with Crippen LogP contribution in [0, 0.1) is 6.92 Å². The van der Waals surface area contributed by atoms with E-state index in [4.69, 9.17) is 9.84 Å². The lowest BCUT2D eigenvalue weighted by Gasteiger charge is -2.09. The van der Waals surface area contributed by atoms with Gasteiger partial charge in [-0.05, 0) is 35.7 Å². The van der Waals surface area contributed by atoms with Crippen molar-refractivity contribution in [2.24, 2.45) is 0 Å². The van der Waals surface area contributed by atoms with E-state index >= 15 is 0 Å². The maximum Gasteiger partial charge on any atom is 0.221 e. The Bertz CT molecular complexity index is 523. The average molecular weight is 229 g/mol. The molecular weight excluding hydrogens is 214 g/mol. The summed E-state index contributed by atoms with van der Waals surface area (Å²) in [6.45, 7) is 2.05.